The SMILES string of the molecule is C[C@@H]1CN(C)c2ccccc2CN1C(=O)[C@@H]1CCC(=O)NC1. The monoisotopic (exact) mass is 301 g/mol. The summed E-state index contributed by atoms with van der Waals surface area (Å²) < 4.78 is 0. The van der Waals surface area contributed by atoms with Crippen LogP contribution in [0.4, 0.5) is 5.69 Å². The van der Waals surface area contributed by atoms with Crippen molar-refractivity contribution in [2.24, 2.45) is 5.92 Å². The van der Waals surface area contributed by atoms with Crippen molar-refractivity contribution in [1.29, 1.82) is 0 Å². The summed E-state index contributed by atoms with van der Waals surface area (Å²) in [6.07, 6.45) is 1.11. The highest BCUT2D eigenvalue weighted by molar-refractivity contribution is 5.84. The molecule has 0 radical (unpaired) electrons. The molecule has 0 aliphatic carbocycles. The molecule has 0 bridgehead atoms. The van der Waals surface area contributed by atoms with Crippen LogP contribution in [0.15, 0.2) is 24.3 Å². The van der Waals surface area contributed by atoms with Gasteiger partial charge in [-0.15, -0.1) is 0 Å². The van der Waals surface area contributed by atoms with Crippen molar-refractivity contribution in [2.45, 2.75) is 32.4 Å². The van der Waals surface area contributed by atoms with Crippen LogP contribution in [0.5, 0.6) is 0 Å². The first-order chi connectivity index (χ1) is 10.6. The molecule has 0 saturated carbocycles. The number of nitrogens with zero attached hydrogens (tertiary/aromatic N) is 2. The Morgan fingerprint density at radius 1 is 1.32 bits per heavy atom. The Bertz CT molecular complexity index is 577. The molecule has 1 N–H and O–H groups in total. The molecule has 118 valence electrons. The Labute approximate surface area is 131 Å². The zero-order valence-corrected chi connectivity index (χ0v) is 13.2. The highest BCUT2D eigenvalue weighted by Crippen LogP contribution is 2.27. The van der Waals surface area contributed by atoms with Gasteiger partial charge in [0.05, 0.1) is 5.92 Å². The number of likely N-dealkylation sites (N-methyl/N-ethyl adjacent to an activating group) is 1. The minimum atomic E-state index is -0.0873. The predicted octanol–water partition coefficient (Wildman–Crippen LogP) is 1.38. The molecule has 22 heavy (non-hydrogen) atoms. The van der Waals surface area contributed by atoms with Gasteiger partial charge in [-0.3, -0.25) is 9.59 Å². The highest BCUT2D eigenvalue weighted by atomic mass is 16.2. The van der Waals surface area contributed by atoms with Gasteiger partial charge >= 0.3 is 0 Å². The van der Waals surface area contributed by atoms with Crippen LogP contribution < -0.4 is 10.2 Å². The van der Waals surface area contributed by atoms with Crippen molar-refractivity contribution in [3.63, 3.8) is 0 Å². The van der Waals surface area contributed by atoms with Crippen LogP contribution in [0.1, 0.15) is 25.3 Å². The van der Waals surface area contributed by atoms with Crippen molar-refractivity contribution in [3.8, 4) is 0 Å². The summed E-state index contributed by atoms with van der Waals surface area (Å²) in [6, 6.07) is 8.41. The summed E-state index contributed by atoms with van der Waals surface area (Å²) in [5.74, 6) is 0.131. The van der Waals surface area contributed by atoms with Gasteiger partial charge in [-0.25, -0.2) is 0 Å². The van der Waals surface area contributed by atoms with Crippen LogP contribution in [0.2, 0.25) is 0 Å². The Morgan fingerprint density at radius 3 is 2.82 bits per heavy atom. The van der Waals surface area contributed by atoms with Gasteiger partial charge in [-0.05, 0) is 25.0 Å². The average molecular weight is 301 g/mol. The number of carbonyl (C=O) groups excluding carboxylic acids is 2. The van der Waals surface area contributed by atoms with E-state index in [1.165, 1.54) is 11.3 Å². The Hall–Kier alpha value is -2.04. The minimum Gasteiger partial charge on any atom is -0.372 e. The fraction of sp³-hybridized carbons (Fsp3) is 0.529. The van der Waals surface area contributed by atoms with E-state index in [1.807, 2.05) is 17.0 Å². The molecule has 1 fully saturated rings. The summed E-state index contributed by atoms with van der Waals surface area (Å²) in [4.78, 5) is 28.4. The maximum absolute atomic E-state index is 12.9. The van der Waals surface area contributed by atoms with Gasteiger partial charge in [-0.2, -0.15) is 0 Å². The first-order valence-corrected chi connectivity index (χ1v) is 7.92. The molecular weight excluding hydrogens is 278 g/mol. The second kappa shape index (κ2) is 5.99. The van der Waals surface area contributed by atoms with Gasteiger partial charge in [0.1, 0.15) is 0 Å². The van der Waals surface area contributed by atoms with Crippen molar-refractivity contribution in [2.75, 3.05) is 25.0 Å². The molecule has 1 aromatic rings. The number of rotatable bonds is 1. The van der Waals surface area contributed by atoms with Gasteiger partial charge in [0.15, 0.2) is 0 Å². The molecule has 2 atom stereocenters. The zero-order valence-electron chi connectivity index (χ0n) is 13.2. The molecule has 5 heteroatoms. The highest BCUT2D eigenvalue weighted by Gasteiger charge is 2.33. The standard InChI is InChI=1S/C17H23N3O2/c1-12-10-19(2)15-6-4-3-5-14(15)11-20(12)17(22)13-7-8-16(21)18-9-13/h3-6,12-13H,7-11H2,1-2H3,(H,18,21)/t12-,13-/m1/s1. The number of para-hydroxylation sites is 1. The topological polar surface area (TPSA) is 52.7 Å². The molecule has 0 aromatic heterocycles. The van der Waals surface area contributed by atoms with E-state index in [4.69, 9.17) is 0 Å². The molecule has 2 aliphatic rings. The minimum absolute atomic E-state index is 0.0537. The van der Waals surface area contributed by atoms with E-state index in [0.717, 1.165) is 6.54 Å². The Balaban J connectivity index is 1.81. The van der Waals surface area contributed by atoms with Gasteiger partial charge in [0.25, 0.3) is 0 Å². The third-order valence-electron chi connectivity index (χ3n) is 4.71. The second-order valence-electron chi connectivity index (χ2n) is 6.36. The lowest BCUT2D eigenvalue weighted by Gasteiger charge is -2.33. The van der Waals surface area contributed by atoms with Crippen LogP contribution in [0.3, 0.4) is 0 Å². The molecule has 2 amide bonds. The molecule has 2 heterocycles. The van der Waals surface area contributed by atoms with E-state index >= 15 is 0 Å². The Kier molecular flexibility index (Phi) is 4.05. The summed E-state index contributed by atoms with van der Waals surface area (Å²) in [7, 11) is 2.07. The molecular formula is C17H23N3O2. The van der Waals surface area contributed by atoms with Crippen molar-refractivity contribution >= 4 is 17.5 Å². The lowest BCUT2D eigenvalue weighted by molar-refractivity contribution is -0.139. The third kappa shape index (κ3) is 2.80. The fourth-order valence-electron chi connectivity index (χ4n) is 3.42. The first-order valence-electron chi connectivity index (χ1n) is 7.92. The van der Waals surface area contributed by atoms with Crippen LogP contribution in [0, 0.1) is 5.92 Å². The average Bonchev–Trinajstić information content (AvgIpc) is 2.64. The van der Waals surface area contributed by atoms with Crippen LogP contribution in [-0.4, -0.2) is 42.9 Å². The van der Waals surface area contributed by atoms with E-state index in [0.29, 0.717) is 25.9 Å². The lowest BCUT2D eigenvalue weighted by atomic mass is 9.96. The van der Waals surface area contributed by atoms with E-state index in [-0.39, 0.29) is 23.8 Å². The number of amides is 2. The molecule has 5 nitrogen and oxygen atoms in total. The van der Waals surface area contributed by atoms with Crippen molar-refractivity contribution < 1.29 is 9.59 Å². The smallest absolute Gasteiger partial charge is 0.228 e. The normalized spacial score (nSPS) is 25.3. The number of benzene rings is 1. The van der Waals surface area contributed by atoms with Crippen LogP contribution in [-0.2, 0) is 16.1 Å². The number of fused-ring (bicyclic) bond motifs is 1. The number of nitrogens with one attached hydrogen (secondary N) is 1. The maximum Gasteiger partial charge on any atom is 0.228 e. The molecule has 1 aromatic carbocycles. The maximum atomic E-state index is 12.9. The van der Waals surface area contributed by atoms with E-state index in [2.05, 4.69) is 36.3 Å². The zero-order chi connectivity index (χ0) is 15.7. The molecule has 0 unspecified atom stereocenters. The largest absolute Gasteiger partial charge is 0.372 e. The summed E-state index contributed by atoms with van der Waals surface area (Å²) >= 11 is 0. The van der Waals surface area contributed by atoms with E-state index < -0.39 is 0 Å². The molecule has 1 saturated heterocycles. The number of carbonyl (C=O) groups is 2. The number of piperidine rings is 1. The van der Waals surface area contributed by atoms with Gasteiger partial charge in [0, 0.05) is 44.8 Å². The number of hydrogen-bond donors (Lipinski definition) is 1. The molecule has 3 rings (SSSR count). The van der Waals surface area contributed by atoms with E-state index in [9.17, 15) is 9.59 Å². The number of hydrogen-bond acceptors (Lipinski definition) is 3. The Morgan fingerprint density at radius 2 is 2.09 bits per heavy atom. The van der Waals surface area contributed by atoms with Gasteiger partial charge < -0.3 is 15.1 Å². The van der Waals surface area contributed by atoms with E-state index in [1.54, 1.807) is 0 Å². The second-order valence-corrected chi connectivity index (χ2v) is 6.36. The van der Waals surface area contributed by atoms with Crippen molar-refractivity contribution in [1.82, 2.24) is 10.2 Å². The molecule has 0 spiro atoms. The third-order valence-corrected chi connectivity index (χ3v) is 4.71. The summed E-state index contributed by atoms with van der Waals surface area (Å²) in [5, 5.41) is 2.81. The van der Waals surface area contributed by atoms with Gasteiger partial charge in [0.2, 0.25) is 11.8 Å². The summed E-state index contributed by atoms with van der Waals surface area (Å²) in [6.45, 7) is 4.03. The predicted molar refractivity (Wildman–Crippen MR) is 85.5 cm³/mol. The molecule has 2 aliphatic heterocycles. The first kappa shape index (κ1) is 14.9. The summed E-state index contributed by atoms with van der Waals surface area (Å²) in [5.41, 5.74) is 2.38. The van der Waals surface area contributed by atoms with Crippen LogP contribution in [0.25, 0.3) is 0 Å². The fourth-order valence-corrected chi connectivity index (χ4v) is 3.42. The number of anilines is 1. The van der Waals surface area contributed by atoms with Crippen molar-refractivity contribution in [3.05, 3.63) is 29.8 Å². The van der Waals surface area contributed by atoms with Gasteiger partial charge in [-0.1, -0.05) is 18.2 Å². The quantitative estimate of drug-likeness (QED) is 0.852. The lowest BCUT2D eigenvalue weighted by Crippen LogP contribution is -2.48. The van der Waals surface area contributed by atoms with Crippen LogP contribution >= 0.6 is 0 Å².